The van der Waals surface area contributed by atoms with Gasteiger partial charge in [-0.05, 0) is 55.2 Å². The lowest BCUT2D eigenvalue weighted by Crippen LogP contribution is -2.36. The van der Waals surface area contributed by atoms with E-state index in [0.29, 0.717) is 5.56 Å². The second-order valence-electron chi connectivity index (χ2n) is 7.13. The minimum absolute atomic E-state index is 0.115. The summed E-state index contributed by atoms with van der Waals surface area (Å²) in [7, 11) is 0. The molecule has 2 N–H and O–H groups in total. The van der Waals surface area contributed by atoms with Crippen LogP contribution in [0, 0.1) is 6.92 Å². The molecule has 4 heteroatoms. The van der Waals surface area contributed by atoms with Gasteiger partial charge in [0.25, 0.3) is 5.91 Å². The molecule has 0 atom stereocenters. The molecule has 2 amide bonds. The summed E-state index contributed by atoms with van der Waals surface area (Å²) in [4.78, 5) is 25.2. The molecule has 0 radical (unpaired) electrons. The number of fused-ring (bicyclic) bond motifs is 2. The number of carbonyl (C=O) groups is 2. The van der Waals surface area contributed by atoms with Gasteiger partial charge in [0.05, 0.1) is 5.41 Å². The van der Waals surface area contributed by atoms with Gasteiger partial charge in [-0.3, -0.25) is 9.59 Å². The Morgan fingerprint density at radius 3 is 2.60 bits per heavy atom. The maximum atomic E-state index is 12.6. The van der Waals surface area contributed by atoms with E-state index in [1.807, 2.05) is 49.4 Å². The second-order valence-corrected chi connectivity index (χ2v) is 7.13. The third kappa shape index (κ3) is 2.62. The SMILES string of the molecule is Cc1ccccc1C(=O)Nc1ccc2c(c1)C1(CCCCC1)C(=O)N2. The molecule has 1 fully saturated rings. The lowest BCUT2D eigenvalue weighted by atomic mass is 9.70. The predicted octanol–water partition coefficient (Wildman–Crippen LogP) is 4.40. The van der Waals surface area contributed by atoms with Crippen molar-refractivity contribution < 1.29 is 9.59 Å². The Kier molecular flexibility index (Phi) is 3.83. The van der Waals surface area contributed by atoms with Gasteiger partial charge in [-0.25, -0.2) is 0 Å². The van der Waals surface area contributed by atoms with Gasteiger partial charge in [-0.2, -0.15) is 0 Å². The van der Waals surface area contributed by atoms with Crippen LogP contribution in [-0.2, 0) is 10.2 Å². The fraction of sp³-hybridized carbons (Fsp3) is 0.333. The molecule has 128 valence electrons. The van der Waals surface area contributed by atoms with E-state index in [9.17, 15) is 9.59 Å². The van der Waals surface area contributed by atoms with Crippen LogP contribution in [0.3, 0.4) is 0 Å². The Morgan fingerprint density at radius 1 is 1.08 bits per heavy atom. The summed E-state index contributed by atoms with van der Waals surface area (Å²) in [5.41, 5.74) is 3.89. The molecule has 2 aliphatic rings. The van der Waals surface area contributed by atoms with Crippen molar-refractivity contribution in [3.05, 3.63) is 59.2 Å². The summed E-state index contributed by atoms with van der Waals surface area (Å²) < 4.78 is 0. The summed E-state index contributed by atoms with van der Waals surface area (Å²) in [6.07, 6.45) is 5.12. The zero-order chi connectivity index (χ0) is 17.4. The van der Waals surface area contributed by atoms with Gasteiger partial charge in [-0.15, -0.1) is 0 Å². The lowest BCUT2D eigenvalue weighted by Gasteiger charge is -2.31. The fourth-order valence-corrected chi connectivity index (χ4v) is 4.17. The molecule has 1 saturated carbocycles. The van der Waals surface area contributed by atoms with Crippen molar-refractivity contribution in [1.29, 1.82) is 0 Å². The molecule has 25 heavy (non-hydrogen) atoms. The van der Waals surface area contributed by atoms with Crippen molar-refractivity contribution in [1.82, 2.24) is 0 Å². The van der Waals surface area contributed by atoms with E-state index in [1.54, 1.807) is 0 Å². The first-order chi connectivity index (χ1) is 12.1. The van der Waals surface area contributed by atoms with Gasteiger partial charge in [0.1, 0.15) is 0 Å². The molecule has 0 unspecified atom stereocenters. The Bertz CT molecular complexity index is 851. The molecule has 4 nitrogen and oxygen atoms in total. The molecule has 0 saturated heterocycles. The van der Waals surface area contributed by atoms with Crippen LogP contribution < -0.4 is 10.6 Å². The zero-order valence-electron chi connectivity index (χ0n) is 14.4. The Hall–Kier alpha value is -2.62. The molecule has 1 heterocycles. The molecule has 0 bridgehead atoms. The standard InChI is InChI=1S/C21H22N2O2/c1-14-7-3-4-8-16(14)19(24)22-15-9-10-18-17(13-15)21(20(25)23-18)11-5-2-6-12-21/h3-4,7-10,13H,2,5-6,11-12H2,1H3,(H,22,24)(H,23,25). The Balaban J connectivity index is 1.65. The molecule has 2 aromatic carbocycles. The summed E-state index contributed by atoms with van der Waals surface area (Å²) in [5.74, 6) is -0.00222. The van der Waals surface area contributed by atoms with Crippen molar-refractivity contribution in [3.63, 3.8) is 0 Å². The molecular weight excluding hydrogens is 312 g/mol. The number of amides is 2. The molecule has 4 rings (SSSR count). The highest BCUT2D eigenvalue weighted by Gasteiger charge is 2.47. The maximum Gasteiger partial charge on any atom is 0.255 e. The zero-order valence-corrected chi connectivity index (χ0v) is 14.4. The molecule has 1 spiro atoms. The van der Waals surface area contributed by atoms with Crippen LogP contribution in [-0.4, -0.2) is 11.8 Å². The first kappa shape index (κ1) is 15.9. The van der Waals surface area contributed by atoms with E-state index in [1.165, 1.54) is 6.42 Å². The average Bonchev–Trinajstić information content (AvgIpc) is 2.88. The fourth-order valence-electron chi connectivity index (χ4n) is 4.17. The van der Waals surface area contributed by atoms with E-state index in [4.69, 9.17) is 0 Å². The molecular formula is C21H22N2O2. The smallest absolute Gasteiger partial charge is 0.255 e. The number of hydrogen-bond donors (Lipinski definition) is 2. The number of hydrogen-bond acceptors (Lipinski definition) is 2. The van der Waals surface area contributed by atoms with Gasteiger partial charge in [0.15, 0.2) is 0 Å². The van der Waals surface area contributed by atoms with Crippen LogP contribution in [0.25, 0.3) is 0 Å². The third-order valence-electron chi connectivity index (χ3n) is 5.57. The highest BCUT2D eigenvalue weighted by Crippen LogP contribution is 2.48. The topological polar surface area (TPSA) is 58.2 Å². The van der Waals surface area contributed by atoms with Gasteiger partial charge in [0, 0.05) is 16.9 Å². The van der Waals surface area contributed by atoms with Crippen molar-refractivity contribution in [3.8, 4) is 0 Å². The number of benzene rings is 2. The number of carbonyl (C=O) groups excluding carboxylic acids is 2. The van der Waals surface area contributed by atoms with E-state index in [0.717, 1.165) is 48.2 Å². The van der Waals surface area contributed by atoms with Crippen LogP contribution in [0.15, 0.2) is 42.5 Å². The first-order valence-corrected chi connectivity index (χ1v) is 8.93. The lowest BCUT2D eigenvalue weighted by molar-refractivity contribution is -0.121. The number of nitrogens with one attached hydrogen (secondary N) is 2. The van der Waals surface area contributed by atoms with Gasteiger partial charge in [-0.1, -0.05) is 37.5 Å². The van der Waals surface area contributed by atoms with Crippen molar-refractivity contribution >= 4 is 23.2 Å². The van der Waals surface area contributed by atoms with Crippen molar-refractivity contribution in [2.24, 2.45) is 0 Å². The van der Waals surface area contributed by atoms with Crippen molar-refractivity contribution in [2.75, 3.05) is 10.6 Å². The van der Waals surface area contributed by atoms with E-state index < -0.39 is 5.41 Å². The number of anilines is 2. The quantitative estimate of drug-likeness (QED) is 0.855. The Morgan fingerprint density at radius 2 is 1.84 bits per heavy atom. The normalized spacial score (nSPS) is 17.9. The summed E-state index contributed by atoms with van der Waals surface area (Å²) >= 11 is 0. The highest BCUT2D eigenvalue weighted by atomic mass is 16.2. The Labute approximate surface area is 147 Å². The van der Waals surface area contributed by atoms with E-state index in [2.05, 4.69) is 10.6 Å². The molecule has 2 aromatic rings. The van der Waals surface area contributed by atoms with Gasteiger partial charge < -0.3 is 10.6 Å². The second kappa shape index (κ2) is 6.03. The van der Waals surface area contributed by atoms with Crippen LogP contribution in [0.4, 0.5) is 11.4 Å². The van der Waals surface area contributed by atoms with Gasteiger partial charge in [0.2, 0.25) is 5.91 Å². The largest absolute Gasteiger partial charge is 0.325 e. The summed E-state index contributed by atoms with van der Waals surface area (Å²) in [5, 5.41) is 6.02. The summed E-state index contributed by atoms with van der Waals surface area (Å²) in [6.45, 7) is 1.93. The van der Waals surface area contributed by atoms with Crippen molar-refractivity contribution in [2.45, 2.75) is 44.4 Å². The number of aryl methyl sites for hydroxylation is 1. The molecule has 1 aliphatic heterocycles. The third-order valence-corrected chi connectivity index (χ3v) is 5.57. The van der Waals surface area contributed by atoms with E-state index in [-0.39, 0.29) is 11.8 Å². The average molecular weight is 334 g/mol. The van der Waals surface area contributed by atoms with Crippen LogP contribution in [0.2, 0.25) is 0 Å². The van der Waals surface area contributed by atoms with Crippen LogP contribution in [0.1, 0.15) is 53.6 Å². The number of rotatable bonds is 2. The van der Waals surface area contributed by atoms with Crippen LogP contribution >= 0.6 is 0 Å². The minimum Gasteiger partial charge on any atom is -0.325 e. The van der Waals surface area contributed by atoms with E-state index >= 15 is 0 Å². The molecule has 0 aromatic heterocycles. The van der Waals surface area contributed by atoms with Gasteiger partial charge >= 0.3 is 0 Å². The highest BCUT2D eigenvalue weighted by molar-refractivity contribution is 6.08. The van der Waals surface area contributed by atoms with Crippen LogP contribution in [0.5, 0.6) is 0 Å². The summed E-state index contributed by atoms with van der Waals surface area (Å²) in [6, 6.07) is 13.3. The minimum atomic E-state index is -0.406. The molecule has 1 aliphatic carbocycles. The monoisotopic (exact) mass is 334 g/mol. The maximum absolute atomic E-state index is 12.6. The first-order valence-electron chi connectivity index (χ1n) is 8.93. The predicted molar refractivity (Wildman–Crippen MR) is 99.0 cm³/mol.